The van der Waals surface area contributed by atoms with Gasteiger partial charge in [0.05, 0.1) is 5.54 Å². The lowest BCUT2D eigenvalue weighted by atomic mass is 9.63. The standard InChI is InChI=1S/C33H61NO4/c1-6-7-8-9-10-11-12-13-14-15-16-17-18-19-20-21-22-23-30(35)37-27-38-31(36)34(5)33(4)29-25-24-28(26-29)32(33,2)3/h28-29H,6-27H2,1-5H3. The van der Waals surface area contributed by atoms with Gasteiger partial charge in [0, 0.05) is 13.5 Å². The lowest BCUT2D eigenvalue weighted by Gasteiger charge is -2.52. The summed E-state index contributed by atoms with van der Waals surface area (Å²) < 4.78 is 10.5. The Labute approximate surface area is 235 Å². The van der Waals surface area contributed by atoms with E-state index >= 15 is 0 Å². The fourth-order valence-corrected chi connectivity index (χ4v) is 7.29. The SMILES string of the molecule is CCCCCCCCCCCCCCCCCCCC(=O)OCOC(=O)N(C)C1(C)C2CCC(C2)C1(C)C. The van der Waals surface area contributed by atoms with Crippen LogP contribution in [0.2, 0.25) is 0 Å². The van der Waals surface area contributed by atoms with Crippen molar-refractivity contribution >= 4 is 12.1 Å². The highest BCUT2D eigenvalue weighted by molar-refractivity contribution is 5.70. The summed E-state index contributed by atoms with van der Waals surface area (Å²) in [6, 6.07) is 0. The van der Waals surface area contributed by atoms with Gasteiger partial charge in [-0.2, -0.15) is 0 Å². The maximum Gasteiger partial charge on any atom is 0.412 e. The number of hydrogen-bond donors (Lipinski definition) is 0. The minimum absolute atomic E-state index is 0.0628. The highest BCUT2D eigenvalue weighted by Crippen LogP contribution is 2.63. The minimum Gasteiger partial charge on any atom is -0.428 e. The summed E-state index contributed by atoms with van der Waals surface area (Å²) in [6.45, 7) is 8.74. The Balaban J connectivity index is 1.38. The molecule has 0 heterocycles. The molecule has 5 nitrogen and oxygen atoms in total. The molecule has 2 rings (SSSR count). The van der Waals surface area contributed by atoms with Crippen LogP contribution in [0.25, 0.3) is 0 Å². The second-order valence-corrected chi connectivity index (χ2v) is 13.1. The van der Waals surface area contributed by atoms with Crippen LogP contribution in [0.15, 0.2) is 0 Å². The summed E-state index contributed by atoms with van der Waals surface area (Å²) >= 11 is 0. The molecule has 2 aliphatic carbocycles. The molecule has 5 heteroatoms. The Bertz CT molecular complexity index is 678. The molecular weight excluding hydrogens is 474 g/mol. The summed E-state index contributed by atoms with van der Waals surface area (Å²) in [5, 5.41) is 0. The van der Waals surface area contributed by atoms with Crippen LogP contribution < -0.4 is 0 Å². The van der Waals surface area contributed by atoms with Crippen molar-refractivity contribution in [2.45, 2.75) is 168 Å². The van der Waals surface area contributed by atoms with Gasteiger partial charge in [-0.05, 0) is 49.9 Å². The third kappa shape index (κ3) is 9.73. The van der Waals surface area contributed by atoms with Gasteiger partial charge in [0.2, 0.25) is 6.79 Å². The van der Waals surface area contributed by atoms with Crippen LogP contribution in [0.1, 0.15) is 163 Å². The maximum atomic E-state index is 12.7. The Hall–Kier alpha value is -1.26. The number of carbonyl (C=O) groups excluding carboxylic acids is 2. The molecule has 0 N–H and O–H groups in total. The van der Waals surface area contributed by atoms with Crippen LogP contribution in [0.3, 0.4) is 0 Å². The second kappa shape index (κ2) is 17.4. The first-order chi connectivity index (χ1) is 18.2. The van der Waals surface area contributed by atoms with Gasteiger partial charge in [0.1, 0.15) is 0 Å². The van der Waals surface area contributed by atoms with E-state index in [4.69, 9.17) is 9.47 Å². The number of esters is 1. The van der Waals surface area contributed by atoms with Crippen LogP contribution in [0.5, 0.6) is 0 Å². The molecular formula is C33H61NO4. The zero-order valence-electron chi connectivity index (χ0n) is 25.8. The van der Waals surface area contributed by atoms with Crippen molar-refractivity contribution in [2.75, 3.05) is 13.8 Å². The highest BCUT2D eigenvalue weighted by atomic mass is 16.7. The van der Waals surface area contributed by atoms with Crippen molar-refractivity contribution < 1.29 is 19.1 Å². The Kier molecular flexibility index (Phi) is 15.1. The van der Waals surface area contributed by atoms with Gasteiger partial charge in [0.25, 0.3) is 0 Å². The van der Waals surface area contributed by atoms with Crippen LogP contribution in [0.4, 0.5) is 4.79 Å². The first kappa shape index (κ1) is 32.9. The molecule has 0 aromatic carbocycles. The quantitative estimate of drug-likeness (QED) is 0.0833. The summed E-state index contributed by atoms with van der Waals surface area (Å²) in [4.78, 5) is 26.5. The van der Waals surface area contributed by atoms with Crippen LogP contribution in [-0.2, 0) is 14.3 Å². The molecule has 0 aliphatic heterocycles. The average Bonchev–Trinajstić information content (AvgIpc) is 3.46. The summed E-state index contributed by atoms with van der Waals surface area (Å²) in [6.07, 6.45) is 26.1. The fraction of sp³-hybridized carbons (Fsp3) is 0.939. The van der Waals surface area contributed by atoms with Crippen molar-refractivity contribution in [3.05, 3.63) is 0 Å². The van der Waals surface area contributed by atoms with Gasteiger partial charge in [-0.3, -0.25) is 4.79 Å². The van der Waals surface area contributed by atoms with E-state index in [2.05, 4.69) is 27.7 Å². The average molecular weight is 536 g/mol. The predicted octanol–water partition coefficient (Wildman–Crippen LogP) is 9.81. The number of rotatable bonds is 21. The third-order valence-electron chi connectivity index (χ3n) is 10.4. The second-order valence-electron chi connectivity index (χ2n) is 13.1. The third-order valence-corrected chi connectivity index (χ3v) is 10.4. The predicted molar refractivity (Wildman–Crippen MR) is 157 cm³/mol. The van der Waals surface area contributed by atoms with E-state index in [9.17, 15) is 9.59 Å². The molecule has 0 spiro atoms. The van der Waals surface area contributed by atoms with Crippen molar-refractivity contribution in [1.82, 2.24) is 4.90 Å². The number of fused-ring (bicyclic) bond motifs is 2. The van der Waals surface area contributed by atoms with Gasteiger partial charge in [-0.15, -0.1) is 0 Å². The summed E-state index contributed by atoms with van der Waals surface area (Å²) in [7, 11) is 1.84. The molecule has 0 radical (unpaired) electrons. The van der Waals surface area contributed by atoms with E-state index in [0.717, 1.165) is 12.8 Å². The number of carbonyl (C=O) groups is 2. The van der Waals surface area contributed by atoms with E-state index < -0.39 is 6.09 Å². The number of nitrogens with zero attached hydrogens (tertiary/aromatic N) is 1. The van der Waals surface area contributed by atoms with E-state index in [1.54, 1.807) is 4.90 Å². The summed E-state index contributed by atoms with van der Waals surface area (Å²) in [5.74, 6) is 0.908. The molecule has 2 aliphatic rings. The van der Waals surface area contributed by atoms with E-state index in [-0.39, 0.29) is 23.7 Å². The molecule has 1 amide bonds. The first-order valence-electron chi connectivity index (χ1n) is 16.3. The largest absolute Gasteiger partial charge is 0.428 e. The number of unbranched alkanes of at least 4 members (excludes halogenated alkanes) is 16. The molecule has 2 fully saturated rings. The number of ether oxygens (including phenoxy) is 2. The number of amides is 1. The molecule has 0 aromatic rings. The molecule has 0 aromatic heterocycles. The normalized spacial score (nSPS) is 23.5. The van der Waals surface area contributed by atoms with E-state index in [1.165, 1.54) is 116 Å². The lowest BCUT2D eigenvalue weighted by Crippen LogP contribution is -2.59. The van der Waals surface area contributed by atoms with Gasteiger partial charge in [-0.25, -0.2) is 4.79 Å². The Morgan fingerprint density at radius 3 is 1.58 bits per heavy atom. The van der Waals surface area contributed by atoms with Gasteiger partial charge in [0.15, 0.2) is 0 Å². The van der Waals surface area contributed by atoms with E-state index in [1.807, 2.05) is 7.05 Å². The van der Waals surface area contributed by atoms with Crippen LogP contribution >= 0.6 is 0 Å². The Morgan fingerprint density at radius 2 is 1.13 bits per heavy atom. The zero-order valence-corrected chi connectivity index (χ0v) is 25.8. The minimum atomic E-state index is -0.390. The molecule has 38 heavy (non-hydrogen) atoms. The van der Waals surface area contributed by atoms with Gasteiger partial charge < -0.3 is 14.4 Å². The van der Waals surface area contributed by atoms with E-state index in [0.29, 0.717) is 18.3 Å². The van der Waals surface area contributed by atoms with Crippen LogP contribution in [-0.4, -0.2) is 36.3 Å². The number of hydrogen-bond acceptors (Lipinski definition) is 4. The summed E-state index contributed by atoms with van der Waals surface area (Å²) in [5.41, 5.74) is -0.155. The Morgan fingerprint density at radius 1 is 0.684 bits per heavy atom. The van der Waals surface area contributed by atoms with Crippen molar-refractivity contribution in [3.63, 3.8) is 0 Å². The smallest absolute Gasteiger partial charge is 0.412 e. The molecule has 0 saturated heterocycles. The van der Waals surface area contributed by atoms with Crippen molar-refractivity contribution in [1.29, 1.82) is 0 Å². The van der Waals surface area contributed by atoms with Crippen LogP contribution in [0, 0.1) is 17.3 Å². The molecule has 3 unspecified atom stereocenters. The monoisotopic (exact) mass is 535 g/mol. The topological polar surface area (TPSA) is 55.8 Å². The van der Waals surface area contributed by atoms with Crippen molar-refractivity contribution in [3.8, 4) is 0 Å². The first-order valence-corrected chi connectivity index (χ1v) is 16.3. The van der Waals surface area contributed by atoms with Crippen molar-refractivity contribution in [2.24, 2.45) is 17.3 Å². The van der Waals surface area contributed by atoms with Gasteiger partial charge >= 0.3 is 12.1 Å². The maximum absolute atomic E-state index is 12.7. The fourth-order valence-electron chi connectivity index (χ4n) is 7.29. The molecule has 222 valence electrons. The zero-order chi connectivity index (χ0) is 27.9. The molecule has 2 bridgehead atoms. The lowest BCUT2D eigenvalue weighted by molar-refractivity contribution is -0.153. The van der Waals surface area contributed by atoms with Gasteiger partial charge in [-0.1, -0.05) is 124 Å². The highest BCUT2D eigenvalue weighted by Gasteiger charge is 2.63. The molecule has 2 saturated carbocycles. The molecule has 3 atom stereocenters.